The highest BCUT2D eigenvalue weighted by Gasteiger charge is 2.30. The standard InChI is InChI=1S/C17H11Cl3OS/c18-17(19,20)16(21)22-10-15-13-7-3-1-5-11(13)9-12-6-2-4-8-14(12)15/h1-9H,10H2. The predicted molar refractivity (Wildman–Crippen MR) is 98.0 cm³/mol. The van der Waals surface area contributed by atoms with Crippen molar-refractivity contribution in [2.45, 2.75) is 9.55 Å². The Kier molecular flexibility index (Phi) is 4.56. The molecule has 3 aromatic rings. The fourth-order valence-electron chi connectivity index (χ4n) is 2.48. The molecule has 0 radical (unpaired) electrons. The van der Waals surface area contributed by atoms with E-state index >= 15 is 0 Å². The molecule has 0 aliphatic rings. The van der Waals surface area contributed by atoms with Gasteiger partial charge in [-0.15, -0.1) is 0 Å². The van der Waals surface area contributed by atoms with Crippen molar-refractivity contribution >= 4 is 73.2 Å². The van der Waals surface area contributed by atoms with Gasteiger partial charge in [-0.05, 0) is 33.2 Å². The van der Waals surface area contributed by atoms with Gasteiger partial charge in [0, 0.05) is 5.75 Å². The molecule has 0 unspecified atom stereocenters. The van der Waals surface area contributed by atoms with E-state index in [4.69, 9.17) is 34.8 Å². The number of hydrogen-bond acceptors (Lipinski definition) is 2. The number of rotatable bonds is 2. The Morgan fingerprint density at radius 3 is 1.91 bits per heavy atom. The summed E-state index contributed by atoms with van der Waals surface area (Å²) in [6, 6.07) is 18.4. The second-order valence-corrected chi connectivity index (χ2v) is 8.10. The van der Waals surface area contributed by atoms with Crippen LogP contribution in [0.25, 0.3) is 21.5 Å². The molecule has 0 aromatic heterocycles. The molecule has 0 aliphatic carbocycles. The molecule has 5 heteroatoms. The van der Waals surface area contributed by atoms with Gasteiger partial charge < -0.3 is 0 Å². The molecular weight excluding hydrogens is 359 g/mol. The van der Waals surface area contributed by atoms with Crippen molar-refractivity contribution in [2.24, 2.45) is 0 Å². The Bertz CT molecular complexity index is 801. The highest BCUT2D eigenvalue weighted by atomic mass is 35.6. The minimum absolute atomic E-state index is 0.463. The molecule has 0 spiro atoms. The Labute approximate surface area is 147 Å². The summed E-state index contributed by atoms with van der Waals surface area (Å²) in [5.41, 5.74) is 1.08. The Balaban J connectivity index is 2.10. The summed E-state index contributed by atoms with van der Waals surface area (Å²) in [7, 11) is 0. The minimum atomic E-state index is -1.88. The van der Waals surface area contributed by atoms with E-state index in [0.717, 1.165) is 38.9 Å². The number of halogens is 3. The number of carbonyl (C=O) groups is 1. The monoisotopic (exact) mass is 368 g/mol. The number of hydrogen-bond donors (Lipinski definition) is 0. The lowest BCUT2D eigenvalue weighted by atomic mass is 9.98. The third kappa shape index (κ3) is 3.21. The first kappa shape index (κ1) is 15.9. The van der Waals surface area contributed by atoms with Crippen molar-refractivity contribution in [3.8, 4) is 0 Å². The van der Waals surface area contributed by atoms with Gasteiger partial charge in [0.2, 0.25) is 5.12 Å². The topological polar surface area (TPSA) is 17.1 Å². The minimum Gasteiger partial charge on any atom is -0.282 e. The summed E-state index contributed by atoms with van der Waals surface area (Å²) in [5.74, 6) is 0.467. The molecule has 112 valence electrons. The average Bonchev–Trinajstić information content (AvgIpc) is 2.50. The molecule has 0 heterocycles. The number of alkyl halides is 3. The van der Waals surface area contributed by atoms with Crippen molar-refractivity contribution in [3.63, 3.8) is 0 Å². The van der Waals surface area contributed by atoms with Crippen LogP contribution in [0.2, 0.25) is 0 Å². The Morgan fingerprint density at radius 2 is 1.41 bits per heavy atom. The van der Waals surface area contributed by atoms with Gasteiger partial charge in [0.05, 0.1) is 0 Å². The molecule has 22 heavy (non-hydrogen) atoms. The highest BCUT2D eigenvalue weighted by molar-refractivity contribution is 8.13. The first-order valence-electron chi connectivity index (χ1n) is 6.60. The summed E-state index contributed by atoms with van der Waals surface area (Å²) < 4.78 is -1.88. The maximum Gasteiger partial charge on any atom is 0.259 e. The van der Waals surface area contributed by atoms with E-state index in [9.17, 15) is 4.79 Å². The van der Waals surface area contributed by atoms with E-state index in [2.05, 4.69) is 30.3 Å². The highest BCUT2D eigenvalue weighted by Crippen LogP contribution is 2.36. The second-order valence-electron chi connectivity index (χ2n) is 4.87. The van der Waals surface area contributed by atoms with Crippen molar-refractivity contribution in [3.05, 3.63) is 60.2 Å². The molecule has 0 bridgehead atoms. The summed E-state index contributed by atoms with van der Waals surface area (Å²) in [4.78, 5) is 11.9. The van der Waals surface area contributed by atoms with E-state index < -0.39 is 8.91 Å². The van der Waals surface area contributed by atoms with E-state index in [1.807, 2.05) is 24.3 Å². The quantitative estimate of drug-likeness (QED) is 0.399. The lowest BCUT2D eigenvalue weighted by Gasteiger charge is -2.13. The van der Waals surface area contributed by atoms with Gasteiger partial charge in [0.1, 0.15) is 0 Å². The van der Waals surface area contributed by atoms with Gasteiger partial charge in [-0.25, -0.2) is 0 Å². The molecule has 0 aliphatic heterocycles. The molecule has 1 nitrogen and oxygen atoms in total. The van der Waals surface area contributed by atoms with Crippen LogP contribution in [-0.4, -0.2) is 8.91 Å². The summed E-state index contributed by atoms with van der Waals surface area (Å²) in [5, 5.41) is 4.04. The number of fused-ring (bicyclic) bond motifs is 2. The molecule has 0 N–H and O–H groups in total. The number of thioether (sulfide) groups is 1. The molecule has 0 saturated carbocycles. The maximum atomic E-state index is 11.9. The predicted octanol–water partition coefficient (Wildman–Crippen LogP) is 6.12. The van der Waals surface area contributed by atoms with E-state index in [0.29, 0.717) is 5.75 Å². The normalized spacial score (nSPS) is 12.0. The summed E-state index contributed by atoms with van der Waals surface area (Å²) >= 11 is 18.0. The Morgan fingerprint density at radius 1 is 0.909 bits per heavy atom. The van der Waals surface area contributed by atoms with Gasteiger partial charge in [0.25, 0.3) is 3.79 Å². The van der Waals surface area contributed by atoms with Crippen LogP contribution in [0.4, 0.5) is 0 Å². The second kappa shape index (κ2) is 6.29. The van der Waals surface area contributed by atoms with Crippen LogP contribution < -0.4 is 0 Å². The first-order chi connectivity index (χ1) is 10.5. The van der Waals surface area contributed by atoms with Crippen molar-refractivity contribution in [1.29, 1.82) is 0 Å². The lowest BCUT2D eigenvalue weighted by molar-refractivity contribution is -0.110. The van der Waals surface area contributed by atoms with Crippen molar-refractivity contribution in [2.75, 3.05) is 0 Å². The van der Waals surface area contributed by atoms with Crippen LogP contribution in [0.3, 0.4) is 0 Å². The molecule has 0 fully saturated rings. The zero-order valence-electron chi connectivity index (χ0n) is 11.4. The van der Waals surface area contributed by atoms with Crippen LogP contribution in [0, 0.1) is 0 Å². The third-order valence-electron chi connectivity index (χ3n) is 3.46. The van der Waals surface area contributed by atoms with Gasteiger partial charge in [-0.3, -0.25) is 4.79 Å². The molecular formula is C17H11Cl3OS. The van der Waals surface area contributed by atoms with Gasteiger partial charge >= 0.3 is 0 Å². The largest absolute Gasteiger partial charge is 0.282 e. The van der Waals surface area contributed by atoms with E-state index in [1.165, 1.54) is 0 Å². The SMILES string of the molecule is O=C(SCc1c2ccccc2cc2ccccc12)C(Cl)(Cl)Cl. The number of carbonyl (C=O) groups excluding carboxylic acids is 1. The first-order valence-corrected chi connectivity index (χ1v) is 8.72. The van der Waals surface area contributed by atoms with Gasteiger partial charge in [-0.1, -0.05) is 95.1 Å². The maximum absolute atomic E-state index is 11.9. The smallest absolute Gasteiger partial charge is 0.259 e. The third-order valence-corrected chi connectivity index (χ3v) is 5.31. The molecule has 3 aromatic carbocycles. The van der Waals surface area contributed by atoms with E-state index in [-0.39, 0.29) is 0 Å². The average molecular weight is 370 g/mol. The number of benzene rings is 3. The van der Waals surface area contributed by atoms with Gasteiger partial charge in [-0.2, -0.15) is 0 Å². The summed E-state index contributed by atoms with van der Waals surface area (Å²) in [6.45, 7) is 0. The van der Waals surface area contributed by atoms with Gasteiger partial charge in [0.15, 0.2) is 0 Å². The van der Waals surface area contributed by atoms with Crippen LogP contribution in [0.15, 0.2) is 54.6 Å². The fourth-order valence-corrected chi connectivity index (χ4v) is 3.72. The summed E-state index contributed by atoms with van der Waals surface area (Å²) in [6.07, 6.45) is 0. The van der Waals surface area contributed by atoms with Crippen molar-refractivity contribution in [1.82, 2.24) is 0 Å². The van der Waals surface area contributed by atoms with Crippen LogP contribution in [0.5, 0.6) is 0 Å². The fraction of sp³-hybridized carbons (Fsp3) is 0.118. The van der Waals surface area contributed by atoms with Crippen LogP contribution in [0.1, 0.15) is 5.56 Å². The molecule has 0 saturated heterocycles. The zero-order chi connectivity index (χ0) is 15.7. The molecule has 0 atom stereocenters. The molecule has 0 amide bonds. The lowest BCUT2D eigenvalue weighted by Crippen LogP contribution is -2.14. The van der Waals surface area contributed by atoms with Crippen LogP contribution in [-0.2, 0) is 10.5 Å². The zero-order valence-corrected chi connectivity index (χ0v) is 14.4. The van der Waals surface area contributed by atoms with Crippen molar-refractivity contribution < 1.29 is 4.79 Å². The van der Waals surface area contributed by atoms with E-state index in [1.54, 1.807) is 0 Å². The van der Waals surface area contributed by atoms with Crippen LogP contribution >= 0.6 is 46.6 Å². The molecule has 3 rings (SSSR count). The Hall–Kier alpha value is -0.930.